The lowest BCUT2D eigenvalue weighted by Crippen LogP contribution is -2.17. The molecule has 0 aliphatic rings. The Morgan fingerprint density at radius 3 is 2.17 bits per heavy atom. The molecule has 0 saturated heterocycles. The van der Waals surface area contributed by atoms with Gasteiger partial charge in [0.15, 0.2) is 0 Å². The number of rotatable bonds is 2. The van der Waals surface area contributed by atoms with E-state index in [1.54, 1.807) is 0 Å². The first-order chi connectivity index (χ1) is 5.56. The van der Waals surface area contributed by atoms with Crippen molar-refractivity contribution in [2.75, 3.05) is 6.61 Å². The second-order valence-electron chi connectivity index (χ2n) is 2.37. The third-order valence-electron chi connectivity index (χ3n) is 1.47. The van der Waals surface area contributed by atoms with Gasteiger partial charge in [-0.3, -0.25) is 0 Å². The molecule has 12 heavy (non-hydrogen) atoms. The van der Waals surface area contributed by atoms with Crippen molar-refractivity contribution in [1.82, 2.24) is 0 Å². The van der Waals surface area contributed by atoms with E-state index in [-0.39, 0.29) is 5.56 Å². The van der Waals surface area contributed by atoms with Gasteiger partial charge in [0.25, 0.3) is 5.92 Å². The third kappa shape index (κ3) is 2.01. The molecule has 0 saturated carbocycles. The van der Waals surface area contributed by atoms with Crippen molar-refractivity contribution in [3.8, 4) is 0 Å². The van der Waals surface area contributed by atoms with Gasteiger partial charge in [-0.05, 0) is 12.1 Å². The number of hydrogen-bond acceptors (Lipinski definition) is 1. The first kappa shape index (κ1) is 9.61. The highest BCUT2D eigenvalue weighted by molar-refractivity contribution is 9.10. The Hall–Kier alpha value is -0.480. The number of halogens is 3. The predicted molar refractivity (Wildman–Crippen MR) is 45.1 cm³/mol. The fourth-order valence-electron chi connectivity index (χ4n) is 0.785. The highest BCUT2D eigenvalue weighted by Crippen LogP contribution is 2.27. The zero-order valence-electron chi connectivity index (χ0n) is 6.10. The molecule has 0 aliphatic heterocycles. The zero-order valence-corrected chi connectivity index (χ0v) is 7.68. The van der Waals surface area contributed by atoms with Crippen LogP contribution in [0.5, 0.6) is 0 Å². The largest absolute Gasteiger partial charge is 0.390 e. The van der Waals surface area contributed by atoms with Crippen LogP contribution in [0, 0.1) is 0 Å². The summed E-state index contributed by atoms with van der Waals surface area (Å²) in [7, 11) is 0. The molecule has 1 aromatic rings. The summed E-state index contributed by atoms with van der Waals surface area (Å²) in [5.41, 5.74) is -0.173. The Morgan fingerprint density at radius 2 is 1.75 bits per heavy atom. The molecule has 0 aromatic heterocycles. The molecular formula is C8H7BrF2O. The normalized spacial score (nSPS) is 11.7. The Kier molecular flexibility index (Phi) is 2.80. The second kappa shape index (κ2) is 3.49. The molecule has 4 heteroatoms. The van der Waals surface area contributed by atoms with Crippen LogP contribution in [0.15, 0.2) is 28.7 Å². The summed E-state index contributed by atoms with van der Waals surface area (Å²) in [6, 6.07) is 5.58. The maximum Gasteiger partial charge on any atom is 0.295 e. The topological polar surface area (TPSA) is 20.2 Å². The molecule has 0 aliphatic carbocycles. The Labute approximate surface area is 77.2 Å². The first-order valence-electron chi connectivity index (χ1n) is 3.31. The fourth-order valence-corrected chi connectivity index (χ4v) is 1.05. The van der Waals surface area contributed by atoms with Gasteiger partial charge in [0.05, 0.1) is 0 Å². The van der Waals surface area contributed by atoms with E-state index in [1.165, 1.54) is 24.3 Å². The van der Waals surface area contributed by atoms with Crippen LogP contribution in [0.3, 0.4) is 0 Å². The van der Waals surface area contributed by atoms with Gasteiger partial charge < -0.3 is 5.11 Å². The molecule has 1 aromatic carbocycles. The second-order valence-corrected chi connectivity index (χ2v) is 3.29. The molecule has 0 unspecified atom stereocenters. The van der Waals surface area contributed by atoms with E-state index in [1.807, 2.05) is 0 Å². The first-order valence-corrected chi connectivity index (χ1v) is 4.10. The molecule has 66 valence electrons. The monoisotopic (exact) mass is 236 g/mol. The number of benzene rings is 1. The highest BCUT2D eigenvalue weighted by atomic mass is 79.9. The fraction of sp³-hybridized carbons (Fsp3) is 0.250. The van der Waals surface area contributed by atoms with Gasteiger partial charge in [-0.15, -0.1) is 0 Å². The Bertz CT molecular complexity index is 258. The van der Waals surface area contributed by atoms with Crippen molar-refractivity contribution in [2.45, 2.75) is 5.92 Å². The summed E-state index contributed by atoms with van der Waals surface area (Å²) in [5, 5.41) is 8.36. The summed E-state index contributed by atoms with van der Waals surface area (Å²) in [5.74, 6) is -3.14. The van der Waals surface area contributed by atoms with Crippen LogP contribution in [-0.4, -0.2) is 11.7 Å². The average molecular weight is 237 g/mol. The number of aliphatic hydroxyl groups excluding tert-OH is 1. The maximum absolute atomic E-state index is 12.8. The van der Waals surface area contributed by atoms with E-state index >= 15 is 0 Å². The molecule has 1 N–H and O–H groups in total. The number of hydrogen-bond donors (Lipinski definition) is 1. The average Bonchev–Trinajstić information content (AvgIpc) is 2.05. The molecule has 0 bridgehead atoms. The van der Waals surface area contributed by atoms with E-state index in [0.717, 1.165) is 4.47 Å². The van der Waals surface area contributed by atoms with Crippen molar-refractivity contribution in [3.63, 3.8) is 0 Å². The lowest BCUT2D eigenvalue weighted by atomic mass is 10.1. The van der Waals surface area contributed by atoms with Crippen LogP contribution in [0.4, 0.5) is 8.78 Å². The maximum atomic E-state index is 12.8. The van der Waals surface area contributed by atoms with Gasteiger partial charge in [-0.2, -0.15) is 8.78 Å². The SMILES string of the molecule is OCC(F)(F)c1ccc(Br)cc1. The summed E-state index contributed by atoms with van der Waals surface area (Å²) in [4.78, 5) is 0. The van der Waals surface area contributed by atoms with Gasteiger partial charge in [0.2, 0.25) is 0 Å². The number of aliphatic hydroxyl groups is 1. The van der Waals surface area contributed by atoms with Crippen LogP contribution in [0.1, 0.15) is 5.56 Å². The molecule has 1 nitrogen and oxygen atoms in total. The third-order valence-corrected chi connectivity index (χ3v) is 1.99. The molecule has 0 atom stereocenters. The molecular weight excluding hydrogens is 230 g/mol. The minimum Gasteiger partial charge on any atom is -0.390 e. The van der Waals surface area contributed by atoms with E-state index in [0.29, 0.717) is 0 Å². The zero-order chi connectivity index (χ0) is 9.19. The molecule has 1 rings (SSSR count). The van der Waals surface area contributed by atoms with Crippen LogP contribution >= 0.6 is 15.9 Å². The predicted octanol–water partition coefficient (Wildman–Crippen LogP) is 2.53. The Balaban J connectivity index is 2.96. The molecule has 0 fully saturated rings. The molecule has 0 heterocycles. The lowest BCUT2D eigenvalue weighted by Gasteiger charge is -2.12. The van der Waals surface area contributed by atoms with Crippen molar-refractivity contribution in [1.29, 1.82) is 0 Å². The number of alkyl halides is 2. The minimum atomic E-state index is -3.14. The van der Waals surface area contributed by atoms with E-state index in [4.69, 9.17) is 5.11 Å². The van der Waals surface area contributed by atoms with Crippen molar-refractivity contribution in [2.24, 2.45) is 0 Å². The quantitative estimate of drug-likeness (QED) is 0.837. The van der Waals surface area contributed by atoms with E-state index in [2.05, 4.69) is 15.9 Å². The standard InChI is InChI=1S/C8H7BrF2O/c9-7-3-1-6(2-4-7)8(10,11)5-12/h1-4,12H,5H2. The van der Waals surface area contributed by atoms with Gasteiger partial charge >= 0.3 is 0 Å². The van der Waals surface area contributed by atoms with E-state index < -0.39 is 12.5 Å². The summed E-state index contributed by atoms with van der Waals surface area (Å²) in [6.07, 6.45) is 0. The van der Waals surface area contributed by atoms with Crippen molar-refractivity contribution in [3.05, 3.63) is 34.3 Å². The molecule has 0 amide bonds. The molecule has 0 spiro atoms. The Morgan fingerprint density at radius 1 is 1.25 bits per heavy atom. The summed E-state index contributed by atoms with van der Waals surface area (Å²) >= 11 is 3.13. The van der Waals surface area contributed by atoms with Crippen LogP contribution < -0.4 is 0 Å². The highest BCUT2D eigenvalue weighted by Gasteiger charge is 2.29. The lowest BCUT2D eigenvalue weighted by molar-refractivity contribution is -0.0556. The van der Waals surface area contributed by atoms with Gasteiger partial charge in [-0.25, -0.2) is 0 Å². The van der Waals surface area contributed by atoms with Gasteiger partial charge in [0.1, 0.15) is 6.61 Å². The minimum absolute atomic E-state index is 0.173. The van der Waals surface area contributed by atoms with Crippen LogP contribution in [0.2, 0.25) is 0 Å². The summed E-state index contributed by atoms with van der Waals surface area (Å²) in [6.45, 7) is -1.16. The van der Waals surface area contributed by atoms with Crippen LogP contribution in [-0.2, 0) is 5.92 Å². The van der Waals surface area contributed by atoms with Crippen LogP contribution in [0.25, 0.3) is 0 Å². The van der Waals surface area contributed by atoms with Crippen molar-refractivity contribution >= 4 is 15.9 Å². The van der Waals surface area contributed by atoms with E-state index in [9.17, 15) is 8.78 Å². The van der Waals surface area contributed by atoms with Gasteiger partial charge in [0, 0.05) is 10.0 Å². The molecule has 0 radical (unpaired) electrons. The van der Waals surface area contributed by atoms with Gasteiger partial charge in [-0.1, -0.05) is 28.1 Å². The smallest absolute Gasteiger partial charge is 0.295 e. The van der Waals surface area contributed by atoms with Crippen molar-refractivity contribution < 1.29 is 13.9 Å². The summed E-state index contributed by atoms with van der Waals surface area (Å²) < 4.78 is 26.2.